The molecule has 0 spiro atoms. The molecule has 0 saturated heterocycles. The van der Waals surface area contributed by atoms with E-state index in [1.165, 1.54) is 17.3 Å². The summed E-state index contributed by atoms with van der Waals surface area (Å²) in [5.74, 6) is 1.30. The Balaban J connectivity index is 1.97. The Bertz CT molecular complexity index is 611. The topological polar surface area (TPSA) is 58.6 Å². The molecule has 0 bridgehead atoms. The zero-order chi connectivity index (χ0) is 15.5. The minimum atomic E-state index is 0.100. The molecule has 0 saturated carbocycles. The molecule has 2 rings (SSSR count). The molecule has 0 aliphatic heterocycles. The molecule has 0 unspecified atom stereocenters. The van der Waals surface area contributed by atoms with E-state index in [-0.39, 0.29) is 11.2 Å². The number of benzene rings is 1. The maximum atomic E-state index is 12.2. The van der Waals surface area contributed by atoms with Gasteiger partial charge in [0.2, 0.25) is 5.16 Å². The number of aryl methyl sites for hydroxylation is 1. The molecule has 0 aliphatic rings. The van der Waals surface area contributed by atoms with E-state index < -0.39 is 0 Å². The van der Waals surface area contributed by atoms with Gasteiger partial charge >= 0.3 is 0 Å². The molecule has 4 nitrogen and oxygen atoms in total. The minimum absolute atomic E-state index is 0.100. The van der Waals surface area contributed by atoms with E-state index in [1.54, 1.807) is 0 Å². The van der Waals surface area contributed by atoms with Crippen LogP contribution in [0.15, 0.2) is 29.4 Å². The van der Waals surface area contributed by atoms with Crippen LogP contribution < -0.4 is 0 Å². The van der Waals surface area contributed by atoms with Crippen LogP contribution in [0.1, 0.15) is 49.4 Å². The molecule has 0 radical (unpaired) electrons. The normalized spacial score (nSPS) is 11.6. The van der Waals surface area contributed by atoms with Crippen molar-refractivity contribution in [2.75, 3.05) is 5.75 Å². The van der Waals surface area contributed by atoms with Crippen LogP contribution >= 0.6 is 11.8 Å². The van der Waals surface area contributed by atoms with E-state index in [4.69, 9.17) is 0 Å². The van der Waals surface area contributed by atoms with Gasteiger partial charge < -0.3 is 0 Å². The summed E-state index contributed by atoms with van der Waals surface area (Å²) in [6.45, 7) is 8.49. The Kier molecular flexibility index (Phi) is 4.83. The third-order valence-corrected chi connectivity index (χ3v) is 4.10. The molecule has 0 fully saturated rings. The molecule has 112 valence electrons. The van der Waals surface area contributed by atoms with Crippen molar-refractivity contribution in [2.24, 2.45) is 0 Å². The van der Waals surface area contributed by atoms with Gasteiger partial charge in [0.15, 0.2) is 5.78 Å². The Morgan fingerprint density at radius 1 is 1.24 bits per heavy atom. The van der Waals surface area contributed by atoms with Crippen LogP contribution in [0, 0.1) is 0 Å². The average molecular weight is 303 g/mol. The van der Waals surface area contributed by atoms with Gasteiger partial charge in [-0.05, 0) is 11.0 Å². The van der Waals surface area contributed by atoms with Gasteiger partial charge in [0.1, 0.15) is 5.82 Å². The van der Waals surface area contributed by atoms with E-state index in [1.807, 2.05) is 31.2 Å². The maximum Gasteiger partial charge on any atom is 0.208 e. The van der Waals surface area contributed by atoms with Gasteiger partial charge in [-0.25, -0.2) is 4.98 Å². The Morgan fingerprint density at radius 2 is 1.90 bits per heavy atom. The largest absolute Gasteiger partial charge is 0.293 e. The lowest BCUT2D eigenvalue weighted by molar-refractivity contribution is 0.102. The van der Waals surface area contributed by atoms with Crippen LogP contribution in [0.4, 0.5) is 0 Å². The second-order valence-electron chi connectivity index (χ2n) is 5.96. The second-order valence-corrected chi connectivity index (χ2v) is 6.90. The van der Waals surface area contributed by atoms with Crippen molar-refractivity contribution in [1.29, 1.82) is 0 Å². The number of nitrogens with zero attached hydrogens (tertiary/aromatic N) is 2. The quantitative estimate of drug-likeness (QED) is 0.677. The number of rotatable bonds is 5. The monoisotopic (exact) mass is 303 g/mol. The highest BCUT2D eigenvalue weighted by atomic mass is 32.2. The van der Waals surface area contributed by atoms with Gasteiger partial charge in [-0.15, -0.1) is 5.10 Å². The van der Waals surface area contributed by atoms with Crippen LogP contribution in [0.5, 0.6) is 0 Å². The van der Waals surface area contributed by atoms with Gasteiger partial charge in [-0.1, -0.05) is 63.7 Å². The minimum Gasteiger partial charge on any atom is -0.293 e. The summed E-state index contributed by atoms with van der Waals surface area (Å²) < 4.78 is 0. The molecule has 5 heteroatoms. The number of H-pyrrole nitrogens is 1. The van der Waals surface area contributed by atoms with Gasteiger partial charge in [-0.3, -0.25) is 9.89 Å². The van der Waals surface area contributed by atoms with Crippen molar-refractivity contribution in [1.82, 2.24) is 15.2 Å². The molecular weight excluding hydrogens is 282 g/mol. The lowest BCUT2D eigenvalue weighted by Crippen LogP contribution is -2.11. The molecule has 0 aliphatic carbocycles. The summed E-state index contributed by atoms with van der Waals surface area (Å²) in [5, 5.41) is 7.55. The van der Waals surface area contributed by atoms with Crippen molar-refractivity contribution < 1.29 is 4.79 Å². The van der Waals surface area contributed by atoms with Crippen LogP contribution in [-0.2, 0) is 11.8 Å². The molecule has 2 aromatic rings. The predicted molar refractivity (Wildman–Crippen MR) is 86.0 cm³/mol. The molecule has 0 amide bonds. The standard InChI is InChI=1S/C16H21N3OS/c1-5-14-17-15(19-18-14)21-10-13(20)11-6-8-12(9-7-11)16(2,3)4/h6-9H,5,10H2,1-4H3,(H,17,18,19). The fourth-order valence-corrected chi connectivity index (χ4v) is 2.58. The molecule has 1 heterocycles. The number of hydrogen-bond acceptors (Lipinski definition) is 4. The first-order chi connectivity index (χ1) is 9.90. The number of aromatic nitrogens is 3. The number of ketones is 1. The highest BCUT2D eigenvalue weighted by Crippen LogP contribution is 2.23. The maximum absolute atomic E-state index is 12.2. The number of carbonyl (C=O) groups is 1. The van der Waals surface area contributed by atoms with E-state index in [2.05, 4.69) is 36.0 Å². The summed E-state index contributed by atoms with van der Waals surface area (Å²) in [5.41, 5.74) is 2.07. The zero-order valence-electron chi connectivity index (χ0n) is 12.9. The van der Waals surface area contributed by atoms with Gasteiger partial charge in [-0.2, -0.15) is 0 Å². The van der Waals surface area contributed by atoms with Crippen molar-refractivity contribution in [2.45, 2.75) is 44.7 Å². The number of thioether (sulfide) groups is 1. The fourth-order valence-electron chi connectivity index (χ4n) is 1.87. The van der Waals surface area contributed by atoms with Crippen molar-refractivity contribution in [3.8, 4) is 0 Å². The summed E-state index contributed by atoms with van der Waals surface area (Å²) >= 11 is 1.37. The van der Waals surface area contributed by atoms with Crippen molar-refractivity contribution in [3.63, 3.8) is 0 Å². The highest BCUT2D eigenvalue weighted by Gasteiger charge is 2.14. The molecule has 1 N–H and O–H groups in total. The lowest BCUT2D eigenvalue weighted by atomic mass is 9.86. The highest BCUT2D eigenvalue weighted by molar-refractivity contribution is 7.99. The molecule has 1 aromatic carbocycles. The first-order valence-electron chi connectivity index (χ1n) is 7.08. The van der Waals surface area contributed by atoms with E-state index in [0.717, 1.165) is 17.8 Å². The number of Topliss-reactive ketones (excluding diaryl/α,β-unsaturated/α-hetero) is 1. The van der Waals surface area contributed by atoms with Crippen LogP contribution in [0.25, 0.3) is 0 Å². The Hall–Kier alpha value is -1.62. The Morgan fingerprint density at radius 3 is 2.43 bits per heavy atom. The summed E-state index contributed by atoms with van der Waals surface area (Å²) in [6.07, 6.45) is 0.815. The molecular formula is C16H21N3OS. The number of aromatic amines is 1. The third kappa shape index (κ3) is 4.17. The third-order valence-electron chi connectivity index (χ3n) is 3.25. The summed E-state index contributed by atoms with van der Waals surface area (Å²) in [6, 6.07) is 7.86. The van der Waals surface area contributed by atoms with Gasteiger partial charge in [0.05, 0.1) is 5.75 Å². The second kappa shape index (κ2) is 6.43. The smallest absolute Gasteiger partial charge is 0.208 e. The van der Waals surface area contributed by atoms with Crippen molar-refractivity contribution in [3.05, 3.63) is 41.2 Å². The molecule has 1 aromatic heterocycles. The molecule has 21 heavy (non-hydrogen) atoms. The van der Waals surface area contributed by atoms with E-state index in [0.29, 0.717) is 10.9 Å². The predicted octanol–water partition coefficient (Wildman–Crippen LogP) is 3.64. The summed E-state index contributed by atoms with van der Waals surface area (Å²) in [4.78, 5) is 16.5. The molecule has 0 atom stereocenters. The number of nitrogens with one attached hydrogen (secondary N) is 1. The zero-order valence-corrected chi connectivity index (χ0v) is 13.8. The van der Waals surface area contributed by atoms with Crippen LogP contribution in [-0.4, -0.2) is 26.7 Å². The van der Waals surface area contributed by atoms with Gasteiger partial charge in [0, 0.05) is 12.0 Å². The Labute approximate surface area is 129 Å². The van der Waals surface area contributed by atoms with Crippen LogP contribution in [0.3, 0.4) is 0 Å². The lowest BCUT2D eigenvalue weighted by Gasteiger charge is -2.18. The van der Waals surface area contributed by atoms with E-state index in [9.17, 15) is 4.79 Å². The van der Waals surface area contributed by atoms with Crippen LogP contribution in [0.2, 0.25) is 0 Å². The number of carbonyl (C=O) groups excluding carboxylic acids is 1. The first-order valence-corrected chi connectivity index (χ1v) is 8.06. The van der Waals surface area contributed by atoms with Crippen molar-refractivity contribution >= 4 is 17.5 Å². The summed E-state index contributed by atoms with van der Waals surface area (Å²) in [7, 11) is 0. The van der Waals surface area contributed by atoms with Gasteiger partial charge in [0.25, 0.3) is 0 Å². The van der Waals surface area contributed by atoms with E-state index >= 15 is 0 Å². The fraction of sp³-hybridized carbons (Fsp3) is 0.438. The number of hydrogen-bond donors (Lipinski definition) is 1. The first kappa shape index (κ1) is 15.8. The SMILES string of the molecule is CCc1nc(SCC(=O)c2ccc(C(C)(C)C)cc2)n[nH]1. The average Bonchev–Trinajstić information content (AvgIpc) is 2.92.